The molecule has 6 heteroatoms. The van der Waals surface area contributed by atoms with Crippen molar-refractivity contribution in [3.05, 3.63) is 46.5 Å². The lowest BCUT2D eigenvalue weighted by molar-refractivity contribution is 0.0952. The van der Waals surface area contributed by atoms with Crippen LogP contribution in [0, 0.1) is 6.92 Å². The summed E-state index contributed by atoms with van der Waals surface area (Å²) in [6.45, 7) is 3.69. The van der Waals surface area contributed by atoms with Gasteiger partial charge in [0.1, 0.15) is 4.34 Å². The van der Waals surface area contributed by atoms with Crippen molar-refractivity contribution in [2.24, 2.45) is 0 Å². The SMILES string of the molecule is Cc1csc(SCc2ccc(C(=O)NCCCN(C)C)cc2)n1. The Hall–Kier alpha value is -1.37. The van der Waals surface area contributed by atoms with E-state index in [-0.39, 0.29) is 5.91 Å². The summed E-state index contributed by atoms with van der Waals surface area (Å²) in [7, 11) is 4.07. The summed E-state index contributed by atoms with van der Waals surface area (Å²) in [4.78, 5) is 18.6. The lowest BCUT2D eigenvalue weighted by Gasteiger charge is -2.10. The molecule has 0 atom stereocenters. The number of carbonyl (C=O) groups is 1. The second-order valence-electron chi connectivity index (χ2n) is 5.65. The molecule has 1 aromatic carbocycles. The Kier molecular flexibility index (Phi) is 7.08. The van der Waals surface area contributed by atoms with Gasteiger partial charge >= 0.3 is 0 Å². The normalized spacial score (nSPS) is 11.0. The summed E-state index contributed by atoms with van der Waals surface area (Å²) in [6, 6.07) is 7.82. The molecule has 1 aromatic heterocycles. The van der Waals surface area contributed by atoms with E-state index in [1.165, 1.54) is 5.56 Å². The summed E-state index contributed by atoms with van der Waals surface area (Å²) in [5.74, 6) is 0.871. The lowest BCUT2D eigenvalue weighted by atomic mass is 10.1. The zero-order chi connectivity index (χ0) is 16.7. The van der Waals surface area contributed by atoms with Crippen LogP contribution < -0.4 is 5.32 Å². The molecule has 2 aromatic rings. The van der Waals surface area contributed by atoms with Crippen molar-refractivity contribution in [1.29, 1.82) is 0 Å². The maximum absolute atomic E-state index is 12.0. The molecule has 4 nitrogen and oxygen atoms in total. The zero-order valence-corrected chi connectivity index (χ0v) is 15.5. The lowest BCUT2D eigenvalue weighted by Crippen LogP contribution is -2.27. The van der Waals surface area contributed by atoms with Crippen molar-refractivity contribution in [1.82, 2.24) is 15.2 Å². The molecule has 1 heterocycles. The number of thioether (sulfide) groups is 1. The third-order valence-electron chi connectivity index (χ3n) is 3.24. The molecule has 0 aliphatic rings. The average molecular weight is 350 g/mol. The van der Waals surface area contributed by atoms with Crippen molar-refractivity contribution >= 4 is 29.0 Å². The predicted octanol–water partition coefficient (Wildman–Crippen LogP) is 3.43. The highest BCUT2D eigenvalue weighted by atomic mass is 32.2. The summed E-state index contributed by atoms with van der Waals surface area (Å²) < 4.78 is 1.09. The molecule has 0 bridgehead atoms. The minimum Gasteiger partial charge on any atom is -0.352 e. The molecule has 0 saturated heterocycles. The number of carbonyl (C=O) groups excluding carboxylic acids is 1. The summed E-state index contributed by atoms with van der Waals surface area (Å²) in [5, 5.41) is 5.02. The van der Waals surface area contributed by atoms with E-state index in [0.29, 0.717) is 12.1 Å². The van der Waals surface area contributed by atoms with E-state index >= 15 is 0 Å². The highest BCUT2D eigenvalue weighted by Crippen LogP contribution is 2.25. The molecule has 124 valence electrons. The van der Waals surface area contributed by atoms with E-state index in [0.717, 1.165) is 28.8 Å². The van der Waals surface area contributed by atoms with Crippen LogP contribution in [0.1, 0.15) is 28.0 Å². The monoisotopic (exact) mass is 349 g/mol. The van der Waals surface area contributed by atoms with Crippen LogP contribution in [0.5, 0.6) is 0 Å². The van der Waals surface area contributed by atoms with Crippen LogP contribution in [0.3, 0.4) is 0 Å². The van der Waals surface area contributed by atoms with E-state index in [2.05, 4.69) is 20.6 Å². The van der Waals surface area contributed by atoms with Crippen LogP contribution in [-0.2, 0) is 5.75 Å². The summed E-state index contributed by atoms with van der Waals surface area (Å²) in [5.41, 5.74) is 2.99. The van der Waals surface area contributed by atoms with Crippen molar-refractivity contribution in [3.63, 3.8) is 0 Å². The molecular formula is C17H23N3OS2. The largest absolute Gasteiger partial charge is 0.352 e. The Bertz CT molecular complexity index is 623. The molecule has 0 spiro atoms. The third kappa shape index (κ3) is 6.33. The molecule has 0 radical (unpaired) electrons. The Balaban J connectivity index is 1.78. The minimum atomic E-state index is -0.00138. The first-order chi connectivity index (χ1) is 11.0. The molecule has 0 aliphatic heterocycles. The number of nitrogens with zero attached hydrogens (tertiary/aromatic N) is 2. The number of amides is 1. The maximum atomic E-state index is 12.0. The standard InChI is InChI=1S/C17H23N3OS2/c1-13-11-22-17(19-13)23-12-14-5-7-15(8-6-14)16(21)18-9-4-10-20(2)3/h5-8,11H,4,9-10,12H2,1-3H3,(H,18,21). The number of benzene rings is 1. The second-order valence-corrected chi connectivity index (χ2v) is 7.73. The van der Waals surface area contributed by atoms with Gasteiger partial charge in [-0.05, 0) is 51.7 Å². The van der Waals surface area contributed by atoms with Crippen molar-refractivity contribution in [2.75, 3.05) is 27.2 Å². The Morgan fingerprint density at radius 3 is 2.65 bits per heavy atom. The Labute approximate surface area is 146 Å². The second kappa shape index (κ2) is 9.05. The van der Waals surface area contributed by atoms with Gasteiger partial charge in [-0.25, -0.2) is 4.98 Å². The van der Waals surface area contributed by atoms with Crippen LogP contribution in [0.4, 0.5) is 0 Å². The number of nitrogens with one attached hydrogen (secondary N) is 1. The summed E-state index contributed by atoms with van der Waals surface area (Å²) >= 11 is 3.40. The van der Waals surface area contributed by atoms with Crippen LogP contribution in [0.15, 0.2) is 34.0 Å². The van der Waals surface area contributed by atoms with E-state index in [1.807, 2.05) is 45.3 Å². The van der Waals surface area contributed by atoms with E-state index in [9.17, 15) is 4.79 Å². The summed E-state index contributed by atoms with van der Waals surface area (Å²) in [6.07, 6.45) is 0.959. The topological polar surface area (TPSA) is 45.2 Å². The van der Waals surface area contributed by atoms with Crippen molar-refractivity contribution in [3.8, 4) is 0 Å². The quantitative estimate of drug-likeness (QED) is 0.586. The van der Waals surface area contributed by atoms with Gasteiger partial charge in [-0.15, -0.1) is 11.3 Å². The maximum Gasteiger partial charge on any atom is 0.251 e. The zero-order valence-electron chi connectivity index (χ0n) is 13.8. The average Bonchev–Trinajstić information content (AvgIpc) is 2.95. The Morgan fingerprint density at radius 1 is 1.30 bits per heavy atom. The van der Waals surface area contributed by atoms with E-state index in [4.69, 9.17) is 0 Å². The fourth-order valence-electron chi connectivity index (χ4n) is 2.00. The van der Waals surface area contributed by atoms with Gasteiger partial charge in [-0.2, -0.15) is 0 Å². The molecule has 0 unspecified atom stereocenters. The third-order valence-corrected chi connectivity index (χ3v) is 5.45. The number of hydrogen-bond donors (Lipinski definition) is 1. The Morgan fingerprint density at radius 2 is 2.04 bits per heavy atom. The van der Waals surface area contributed by atoms with Gasteiger partial charge in [-0.3, -0.25) is 4.79 Å². The van der Waals surface area contributed by atoms with Crippen LogP contribution in [-0.4, -0.2) is 43.0 Å². The smallest absolute Gasteiger partial charge is 0.251 e. The molecule has 0 saturated carbocycles. The van der Waals surface area contributed by atoms with E-state index in [1.54, 1.807) is 23.1 Å². The van der Waals surface area contributed by atoms with Gasteiger partial charge in [0.15, 0.2) is 0 Å². The molecule has 23 heavy (non-hydrogen) atoms. The van der Waals surface area contributed by atoms with Gasteiger partial charge in [0.05, 0.1) is 0 Å². The van der Waals surface area contributed by atoms with Crippen LogP contribution >= 0.6 is 23.1 Å². The van der Waals surface area contributed by atoms with Crippen LogP contribution in [0.2, 0.25) is 0 Å². The first-order valence-electron chi connectivity index (χ1n) is 7.61. The van der Waals surface area contributed by atoms with Gasteiger partial charge in [-0.1, -0.05) is 23.9 Å². The fourth-order valence-corrected chi connectivity index (χ4v) is 3.80. The molecular weight excluding hydrogens is 326 g/mol. The number of hydrogen-bond acceptors (Lipinski definition) is 5. The number of aromatic nitrogens is 1. The molecule has 1 amide bonds. The molecule has 2 rings (SSSR count). The van der Waals surface area contributed by atoms with Gasteiger partial charge in [0.25, 0.3) is 5.91 Å². The van der Waals surface area contributed by atoms with Crippen molar-refractivity contribution in [2.45, 2.75) is 23.4 Å². The highest BCUT2D eigenvalue weighted by Gasteiger charge is 2.06. The number of aryl methyl sites for hydroxylation is 1. The van der Waals surface area contributed by atoms with E-state index < -0.39 is 0 Å². The number of rotatable bonds is 8. The minimum absolute atomic E-state index is 0.00138. The van der Waals surface area contributed by atoms with Crippen molar-refractivity contribution < 1.29 is 4.79 Å². The van der Waals surface area contributed by atoms with Gasteiger partial charge in [0, 0.05) is 28.9 Å². The highest BCUT2D eigenvalue weighted by molar-refractivity contribution is 8.00. The molecule has 0 fully saturated rings. The van der Waals surface area contributed by atoms with Crippen LogP contribution in [0.25, 0.3) is 0 Å². The van der Waals surface area contributed by atoms with Gasteiger partial charge in [0.2, 0.25) is 0 Å². The van der Waals surface area contributed by atoms with Gasteiger partial charge < -0.3 is 10.2 Å². The molecule has 1 N–H and O–H groups in total. The molecule has 0 aliphatic carbocycles. The predicted molar refractivity (Wildman–Crippen MR) is 98.4 cm³/mol. The number of thiazole rings is 1. The first-order valence-corrected chi connectivity index (χ1v) is 9.48. The fraction of sp³-hybridized carbons (Fsp3) is 0.412. The first kappa shape index (κ1) is 18.0.